The number of anilines is 1. The average molecular weight is 412 g/mol. The topological polar surface area (TPSA) is 38.3 Å². The summed E-state index contributed by atoms with van der Waals surface area (Å²) in [7, 11) is 0. The zero-order valence-corrected chi connectivity index (χ0v) is 16.6. The van der Waals surface area contributed by atoms with Gasteiger partial charge in [0.15, 0.2) is 0 Å². The van der Waals surface area contributed by atoms with Crippen LogP contribution in [0.3, 0.4) is 0 Å². The molecule has 0 saturated heterocycles. The highest BCUT2D eigenvalue weighted by atomic mass is 35.5. The Balaban J connectivity index is 1.63. The molecule has 0 aromatic heterocycles. The number of nitrogens with one attached hydrogen (secondary N) is 1. The molecule has 142 valence electrons. The second kappa shape index (κ2) is 9.45. The third-order valence-electron chi connectivity index (χ3n) is 4.07. The van der Waals surface area contributed by atoms with Crippen LogP contribution in [0.25, 0.3) is 0 Å². The quantitative estimate of drug-likeness (QED) is 0.447. The lowest BCUT2D eigenvalue weighted by Gasteiger charge is -2.11. The Morgan fingerprint density at radius 2 is 1.68 bits per heavy atom. The number of benzene rings is 3. The smallest absolute Gasteiger partial charge is 0.255 e. The van der Waals surface area contributed by atoms with Crippen LogP contribution in [0, 0.1) is 0 Å². The lowest BCUT2D eigenvalue weighted by molar-refractivity contribution is 0.102. The monoisotopic (exact) mass is 411 g/mol. The number of halogens is 2. The minimum atomic E-state index is -0.234. The van der Waals surface area contributed by atoms with Crippen molar-refractivity contribution in [3.05, 3.63) is 106 Å². The summed E-state index contributed by atoms with van der Waals surface area (Å²) >= 11 is 11.9. The Morgan fingerprint density at radius 1 is 1.00 bits per heavy atom. The van der Waals surface area contributed by atoms with Crippen molar-refractivity contribution in [3.8, 4) is 5.75 Å². The number of carbonyl (C=O) groups is 1. The largest absolute Gasteiger partial charge is 0.489 e. The van der Waals surface area contributed by atoms with E-state index in [0.29, 0.717) is 27.9 Å². The lowest BCUT2D eigenvalue weighted by Crippen LogP contribution is -2.12. The maximum atomic E-state index is 12.4. The van der Waals surface area contributed by atoms with Gasteiger partial charge in [-0.05, 0) is 53.9 Å². The average Bonchev–Trinajstić information content (AvgIpc) is 2.67. The van der Waals surface area contributed by atoms with Crippen molar-refractivity contribution < 1.29 is 9.53 Å². The molecule has 3 aromatic carbocycles. The van der Waals surface area contributed by atoms with Gasteiger partial charge >= 0.3 is 0 Å². The summed E-state index contributed by atoms with van der Waals surface area (Å²) in [4.78, 5) is 12.4. The first kappa shape index (κ1) is 20.0. The van der Waals surface area contributed by atoms with Gasteiger partial charge in [-0.15, -0.1) is 6.58 Å². The number of amides is 1. The van der Waals surface area contributed by atoms with Gasteiger partial charge in [0, 0.05) is 21.3 Å². The van der Waals surface area contributed by atoms with E-state index in [-0.39, 0.29) is 5.91 Å². The zero-order chi connectivity index (χ0) is 19.9. The van der Waals surface area contributed by atoms with E-state index < -0.39 is 0 Å². The molecule has 1 amide bonds. The van der Waals surface area contributed by atoms with Crippen LogP contribution in [0.5, 0.6) is 5.75 Å². The van der Waals surface area contributed by atoms with E-state index in [2.05, 4.69) is 11.9 Å². The van der Waals surface area contributed by atoms with Gasteiger partial charge in [-0.3, -0.25) is 4.79 Å². The highest BCUT2D eigenvalue weighted by Crippen LogP contribution is 2.23. The molecule has 3 rings (SSSR count). The molecule has 0 saturated carbocycles. The van der Waals surface area contributed by atoms with Crippen molar-refractivity contribution in [2.75, 3.05) is 5.32 Å². The maximum Gasteiger partial charge on any atom is 0.255 e. The van der Waals surface area contributed by atoms with E-state index >= 15 is 0 Å². The van der Waals surface area contributed by atoms with E-state index in [4.69, 9.17) is 27.9 Å². The first-order valence-corrected chi connectivity index (χ1v) is 9.49. The molecule has 0 aliphatic carbocycles. The first-order chi connectivity index (χ1) is 13.5. The summed E-state index contributed by atoms with van der Waals surface area (Å²) in [6.07, 6.45) is 2.60. The third-order valence-corrected chi connectivity index (χ3v) is 4.50. The van der Waals surface area contributed by atoms with Crippen molar-refractivity contribution in [1.29, 1.82) is 0 Å². The molecule has 0 fully saturated rings. The molecule has 0 spiro atoms. The van der Waals surface area contributed by atoms with Gasteiger partial charge in [0.05, 0.1) is 0 Å². The number of hydrogen-bond acceptors (Lipinski definition) is 2. The number of rotatable bonds is 7. The van der Waals surface area contributed by atoms with Gasteiger partial charge in [0.25, 0.3) is 5.91 Å². The maximum absolute atomic E-state index is 12.4. The third kappa shape index (κ3) is 5.38. The Morgan fingerprint density at radius 3 is 2.36 bits per heavy atom. The van der Waals surface area contributed by atoms with Crippen LogP contribution in [0.4, 0.5) is 5.69 Å². The fraction of sp³-hybridized carbons (Fsp3) is 0.0870. The summed E-state index contributed by atoms with van der Waals surface area (Å²) in [5.41, 5.74) is 3.14. The standard InChI is InChI=1S/C23H19Cl2NO2/c1-2-5-17-6-3-4-7-22(17)28-15-16-8-10-18(11-9-16)23(27)26-21-13-19(24)12-20(25)14-21/h2-4,6-14H,1,5,15H2,(H,26,27). The molecular weight excluding hydrogens is 393 g/mol. The fourth-order valence-electron chi connectivity index (χ4n) is 2.71. The van der Waals surface area contributed by atoms with E-state index in [0.717, 1.165) is 23.3 Å². The summed E-state index contributed by atoms with van der Waals surface area (Å²) in [6.45, 7) is 4.19. The van der Waals surface area contributed by atoms with E-state index in [9.17, 15) is 4.79 Å². The highest BCUT2D eigenvalue weighted by Gasteiger charge is 2.08. The van der Waals surface area contributed by atoms with Crippen LogP contribution >= 0.6 is 23.2 Å². The predicted molar refractivity (Wildman–Crippen MR) is 116 cm³/mol. The van der Waals surface area contributed by atoms with Crippen LogP contribution in [0.1, 0.15) is 21.5 Å². The second-order valence-corrected chi connectivity index (χ2v) is 7.07. The molecule has 28 heavy (non-hydrogen) atoms. The predicted octanol–water partition coefficient (Wildman–Crippen LogP) is 6.55. The van der Waals surface area contributed by atoms with Crippen molar-refractivity contribution in [3.63, 3.8) is 0 Å². The minimum absolute atomic E-state index is 0.234. The van der Waals surface area contributed by atoms with Gasteiger partial charge in [-0.1, -0.05) is 59.6 Å². The lowest BCUT2D eigenvalue weighted by atomic mass is 10.1. The summed E-state index contributed by atoms with van der Waals surface area (Å²) in [5.74, 6) is 0.601. The normalized spacial score (nSPS) is 10.4. The molecule has 5 heteroatoms. The van der Waals surface area contributed by atoms with Crippen LogP contribution < -0.4 is 10.1 Å². The molecule has 0 bridgehead atoms. The molecule has 0 unspecified atom stereocenters. The van der Waals surface area contributed by atoms with Crippen molar-refractivity contribution >= 4 is 34.8 Å². The van der Waals surface area contributed by atoms with E-state index in [1.807, 2.05) is 42.5 Å². The van der Waals surface area contributed by atoms with E-state index in [1.165, 1.54) is 0 Å². The molecule has 3 nitrogen and oxygen atoms in total. The Bertz CT molecular complexity index is 964. The highest BCUT2D eigenvalue weighted by molar-refractivity contribution is 6.35. The van der Waals surface area contributed by atoms with Crippen LogP contribution in [-0.4, -0.2) is 5.91 Å². The number of carbonyl (C=O) groups excluding carboxylic acids is 1. The van der Waals surface area contributed by atoms with Gasteiger partial charge in [-0.25, -0.2) is 0 Å². The summed E-state index contributed by atoms with van der Waals surface area (Å²) in [5, 5.41) is 3.72. The summed E-state index contributed by atoms with van der Waals surface area (Å²) in [6, 6.07) is 20.0. The van der Waals surface area contributed by atoms with Crippen LogP contribution in [0.2, 0.25) is 10.0 Å². The number of hydrogen-bond donors (Lipinski definition) is 1. The number of ether oxygens (including phenoxy) is 1. The minimum Gasteiger partial charge on any atom is -0.489 e. The van der Waals surface area contributed by atoms with Gasteiger partial charge in [0.2, 0.25) is 0 Å². The Labute approximate surface area is 174 Å². The van der Waals surface area contributed by atoms with Crippen molar-refractivity contribution in [2.45, 2.75) is 13.0 Å². The SMILES string of the molecule is C=CCc1ccccc1OCc1ccc(C(=O)Nc2cc(Cl)cc(Cl)c2)cc1. The van der Waals surface area contributed by atoms with Gasteiger partial charge in [-0.2, -0.15) is 0 Å². The first-order valence-electron chi connectivity index (χ1n) is 8.73. The second-order valence-electron chi connectivity index (χ2n) is 6.20. The number of allylic oxidation sites excluding steroid dienone is 1. The molecular formula is C23H19Cl2NO2. The van der Waals surface area contributed by atoms with Gasteiger partial charge < -0.3 is 10.1 Å². The van der Waals surface area contributed by atoms with Crippen molar-refractivity contribution in [1.82, 2.24) is 0 Å². The number of para-hydroxylation sites is 1. The Kier molecular flexibility index (Phi) is 6.75. The zero-order valence-electron chi connectivity index (χ0n) is 15.1. The van der Waals surface area contributed by atoms with Crippen LogP contribution in [-0.2, 0) is 13.0 Å². The molecule has 0 heterocycles. The molecule has 0 atom stereocenters. The molecule has 3 aromatic rings. The van der Waals surface area contributed by atoms with Gasteiger partial charge in [0.1, 0.15) is 12.4 Å². The van der Waals surface area contributed by atoms with E-state index in [1.54, 1.807) is 30.3 Å². The molecule has 0 aliphatic heterocycles. The molecule has 0 radical (unpaired) electrons. The van der Waals surface area contributed by atoms with Crippen LogP contribution in [0.15, 0.2) is 79.4 Å². The fourth-order valence-corrected chi connectivity index (χ4v) is 3.24. The molecule has 1 N–H and O–H groups in total. The molecule has 0 aliphatic rings. The summed E-state index contributed by atoms with van der Waals surface area (Å²) < 4.78 is 5.92. The Hall–Kier alpha value is -2.75. The van der Waals surface area contributed by atoms with Crippen molar-refractivity contribution in [2.24, 2.45) is 0 Å².